The zero-order valence-electron chi connectivity index (χ0n) is 14.3. The zero-order chi connectivity index (χ0) is 17.4. The van der Waals surface area contributed by atoms with Crippen molar-refractivity contribution in [1.29, 1.82) is 0 Å². The molecule has 3 aromatic rings. The number of urea groups is 1. The molecule has 3 heterocycles. The third kappa shape index (κ3) is 2.95. The zero-order valence-corrected chi connectivity index (χ0v) is 14.3. The average molecular weight is 340 g/mol. The molecule has 1 aliphatic rings. The van der Waals surface area contributed by atoms with Crippen LogP contribution in [0, 0.1) is 0 Å². The fourth-order valence-electron chi connectivity index (χ4n) is 3.23. The summed E-state index contributed by atoms with van der Waals surface area (Å²) in [5.41, 5.74) is 2.71. The monoisotopic (exact) mass is 340 g/mol. The first-order valence-corrected chi connectivity index (χ1v) is 8.35. The van der Waals surface area contributed by atoms with Crippen molar-refractivity contribution in [2.45, 2.75) is 18.8 Å². The normalized spacial score (nSPS) is 17.8. The predicted molar refractivity (Wildman–Crippen MR) is 92.0 cm³/mol. The van der Waals surface area contributed by atoms with E-state index in [-0.39, 0.29) is 11.9 Å². The van der Waals surface area contributed by atoms with Crippen LogP contribution in [-0.2, 0) is 0 Å². The summed E-state index contributed by atoms with van der Waals surface area (Å²) in [6.45, 7) is 1.38. The first-order valence-electron chi connectivity index (χ1n) is 8.35. The number of aromatic amines is 1. The van der Waals surface area contributed by atoms with E-state index in [0.29, 0.717) is 18.3 Å². The summed E-state index contributed by atoms with van der Waals surface area (Å²) in [6, 6.07) is 5.84. The van der Waals surface area contributed by atoms with Crippen LogP contribution in [0.3, 0.4) is 0 Å². The van der Waals surface area contributed by atoms with Crippen LogP contribution in [0.2, 0.25) is 0 Å². The molecule has 1 fully saturated rings. The lowest BCUT2D eigenvalue weighted by atomic mass is 9.98. The fourth-order valence-corrected chi connectivity index (χ4v) is 3.23. The summed E-state index contributed by atoms with van der Waals surface area (Å²) in [5, 5.41) is 4.12. The highest BCUT2D eigenvalue weighted by atomic mass is 16.5. The highest BCUT2D eigenvalue weighted by Gasteiger charge is 2.29. The minimum atomic E-state index is 0.0223. The molecule has 0 spiro atoms. The van der Waals surface area contributed by atoms with E-state index >= 15 is 0 Å². The van der Waals surface area contributed by atoms with Gasteiger partial charge in [0, 0.05) is 32.7 Å². The van der Waals surface area contributed by atoms with E-state index in [0.717, 1.165) is 36.0 Å². The lowest BCUT2D eigenvalue weighted by Gasteiger charge is -2.32. The van der Waals surface area contributed by atoms with Gasteiger partial charge in [0.25, 0.3) is 0 Å². The molecule has 0 saturated carbocycles. The molecule has 2 aromatic heterocycles. The number of carbonyl (C=O) groups excluding carboxylic acids is 1. The number of nitrogens with one attached hydrogen (secondary N) is 1. The highest BCUT2D eigenvalue weighted by molar-refractivity contribution is 5.79. The van der Waals surface area contributed by atoms with Crippen LogP contribution < -0.4 is 0 Å². The van der Waals surface area contributed by atoms with Crippen LogP contribution in [0.1, 0.15) is 24.7 Å². The lowest BCUT2D eigenvalue weighted by molar-refractivity contribution is 0.149. The van der Waals surface area contributed by atoms with Gasteiger partial charge >= 0.3 is 6.03 Å². The number of fused-ring (bicyclic) bond motifs is 1. The number of piperidine rings is 1. The molecule has 130 valence electrons. The van der Waals surface area contributed by atoms with Crippen LogP contribution in [0.25, 0.3) is 22.4 Å². The SMILES string of the molecule is CN(C)C(=O)N1CCC[C@@H](c2nc(-c3ccc4nc[nH]c4c3)no2)C1. The first kappa shape index (κ1) is 15.6. The van der Waals surface area contributed by atoms with Gasteiger partial charge in [0.1, 0.15) is 0 Å². The van der Waals surface area contributed by atoms with Gasteiger partial charge in [-0.1, -0.05) is 5.16 Å². The van der Waals surface area contributed by atoms with E-state index in [9.17, 15) is 4.79 Å². The molecular weight excluding hydrogens is 320 g/mol. The summed E-state index contributed by atoms with van der Waals surface area (Å²) in [6.07, 6.45) is 3.54. The lowest BCUT2D eigenvalue weighted by Crippen LogP contribution is -2.44. The van der Waals surface area contributed by atoms with Crippen LogP contribution in [0.15, 0.2) is 29.0 Å². The second kappa shape index (κ2) is 6.19. The molecule has 1 atom stereocenters. The Morgan fingerprint density at radius 1 is 1.40 bits per heavy atom. The molecule has 8 nitrogen and oxygen atoms in total. The van der Waals surface area contributed by atoms with Crippen LogP contribution in [-0.4, -0.2) is 63.1 Å². The third-order valence-corrected chi connectivity index (χ3v) is 4.54. The number of hydrogen-bond donors (Lipinski definition) is 1. The Morgan fingerprint density at radius 3 is 3.12 bits per heavy atom. The van der Waals surface area contributed by atoms with Crippen LogP contribution in [0.5, 0.6) is 0 Å². The minimum Gasteiger partial charge on any atom is -0.345 e. The van der Waals surface area contributed by atoms with Gasteiger partial charge in [-0.25, -0.2) is 9.78 Å². The summed E-state index contributed by atoms with van der Waals surface area (Å²) < 4.78 is 5.50. The van der Waals surface area contributed by atoms with Gasteiger partial charge in [0.05, 0.1) is 23.3 Å². The number of rotatable bonds is 2. The Balaban J connectivity index is 1.55. The topological polar surface area (TPSA) is 91.2 Å². The van der Waals surface area contributed by atoms with Gasteiger partial charge < -0.3 is 19.3 Å². The maximum atomic E-state index is 12.2. The molecule has 25 heavy (non-hydrogen) atoms. The van der Waals surface area contributed by atoms with Crippen molar-refractivity contribution < 1.29 is 9.32 Å². The maximum absolute atomic E-state index is 12.2. The first-order chi connectivity index (χ1) is 12.1. The second-order valence-corrected chi connectivity index (χ2v) is 6.55. The van der Waals surface area contributed by atoms with Crippen molar-refractivity contribution in [3.05, 3.63) is 30.4 Å². The van der Waals surface area contributed by atoms with Crippen LogP contribution in [0.4, 0.5) is 4.79 Å². The molecule has 1 aromatic carbocycles. The molecule has 8 heteroatoms. The van der Waals surface area contributed by atoms with Crippen molar-refractivity contribution in [3.63, 3.8) is 0 Å². The number of imidazole rings is 1. The van der Waals surface area contributed by atoms with Crippen molar-refractivity contribution in [2.24, 2.45) is 0 Å². The Bertz CT molecular complexity index is 899. The standard InChI is InChI=1S/C17H20N6O2/c1-22(2)17(24)23-7-3-4-12(9-23)16-20-15(21-25-16)11-5-6-13-14(8-11)19-10-18-13/h5-6,8,10,12H,3-4,7,9H2,1-2H3,(H,18,19)/t12-/m1/s1. The van der Waals surface area contributed by atoms with Gasteiger partial charge in [-0.15, -0.1) is 0 Å². The summed E-state index contributed by atoms with van der Waals surface area (Å²) in [7, 11) is 3.53. The molecule has 0 bridgehead atoms. The molecule has 2 amide bonds. The quantitative estimate of drug-likeness (QED) is 0.774. The highest BCUT2D eigenvalue weighted by Crippen LogP contribution is 2.28. The average Bonchev–Trinajstić information content (AvgIpc) is 3.29. The predicted octanol–water partition coefficient (Wildman–Crippen LogP) is 2.47. The van der Waals surface area contributed by atoms with Crippen molar-refractivity contribution in [1.82, 2.24) is 29.9 Å². The smallest absolute Gasteiger partial charge is 0.319 e. The van der Waals surface area contributed by atoms with E-state index < -0.39 is 0 Å². The summed E-state index contributed by atoms with van der Waals surface area (Å²) >= 11 is 0. The minimum absolute atomic E-state index is 0.0223. The van der Waals surface area contributed by atoms with E-state index in [1.54, 1.807) is 25.3 Å². The summed E-state index contributed by atoms with van der Waals surface area (Å²) in [5.74, 6) is 1.23. The van der Waals surface area contributed by atoms with Gasteiger partial charge in [-0.2, -0.15) is 4.98 Å². The number of nitrogens with zero attached hydrogens (tertiary/aromatic N) is 5. The van der Waals surface area contributed by atoms with Crippen molar-refractivity contribution >= 4 is 17.1 Å². The van der Waals surface area contributed by atoms with E-state index in [4.69, 9.17) is 4.52 Å². The number of carbonyl (C=O) groups is 1. The Morgan fingerprint density at radius 2 is 2.28 bits per heavy atom. The number of aromatic nitrogens is 4. The maximum Gasteiger partial charge on any atom is 0.319 e. The molecule has 0 aliphatic carbocycles. The Labute approximate surface area is 144 Å². The second-order valence-electron chi connectivity index (χ2n) is 6.55. The molecule has 0 unspecified atom stereocenters. The number of amides is 2. The number of hydrogen-bond acceptors (Lipinski definition) is 5. The van der Waals surface area contributed by atoms with E-state index in [2.05, 4.69) is 20.1 Å². The van der Waals surface area contributed by atoms with Crippen molar-refractivity contribution in [2.75, 3.05) is 27.2 Å². The largest absolute Gasteiger partial charge is 0.345 e. The molecule has 1 N–H and O–H groups in total. The number of likely N-dealkylation sites (tertiary alicyclic amines) is 1. The van der Waals surface area contributed by atoms with Gasteiger partial charge in [-0.05, 0) is 31.0 Å². The number of benzene rings is 1. The molecular formula is C17H20N6O2. The molecule has 4 rings (SSSR count). The molecule has 0 radical (unpaired) electrons. The fraction of sp³-hybridized carbons (Fsp3) is 0.412. The van der Waals surface area contributed by atoms with Crippen LogP contribution >= 0.6 is 0 Å². The molecule has 1 saturated heterocycles. The van der Waals surface area contributed by atoms with Gasteiger partial charge in [-0.3, -0.25) is 0 Å². The van der Waals surface area contributed by atoms with Gasteiger partial charge in [0.2, 0.25) is 11.7 Å². The Hall–Kier alpha value is -2.90. The number of H-pyrrole nitrogens is 1. The van der Waals surface area contributed by atoms with Crippen molar-refractivity contribution in [3.8, 4) is 11.4 Å². The summed E-state index contributed by atoms with van der Waals surface area (Å²) in [4.78, 5) is 27.5. The Kier molecular flexibility index (Phi) is 3.87. The van der Waals surface area contributed by atoms with Gasteiger partial charge in [0.15, 0.2) is 0 Å². The van der Waals surface area contributed by atoms with E-state index in [1.165, 1.54) is 0 Å². The van der Waals surface area contributed by atoms with E-state index in [1.807, 2.05) is 23.1 Å². The molecule has 1 aliphatic heterocycles. The third-order valence-electron chi connectivity index (χ3n) is 4.54.